The first-order valence-corrected chi connectivity index (χ1v) is 5.07. The molecule has 0 bridgehead atoms. The van der Waals surface area contributed by atoms with Crippen LogP contribution in [0.15, 0.2) is 16.9 Å². The molecular formula is C11H14N2O4. The van der Waals surface area contributed by atoms with Gasteiger partial charge in [-0.15, -0.1) is 0 Å². The molecule has 0 aliphatic carbocycles. The molecule has 0 fully saturated rings. The van der Waals surface area contributed by atoms with Gasteiger partial charge in [0.25, 0.3) is 5.56 Å². The van der Waals surface area contributed by atoms with Crippen LogP contribution in [-0.2, 0) is 11.3 Å². The molecule has 3 N–H and O–H groups in total. The summed E-state index contributed by atoms with van der Waals surface area (Å²) in [5.74, 6) is -2.34. The van der Waals surface area contributed by atoms with Crippen LogP contribution in [0.4, 0.5) is 0 Å². The highest BCUT2D eigenvalue weighted by Gasteiger charge is 2.16. The van der Waals surface area contributed by atoms with Gasteiger partial charge in [0.1, 0.15) is 5.56 Å². The summed E-state index contributed by atoms with van der Waals surface area (Å²) in [6, 6.07) is 2.78. The predicted octanol–water partition coefficient (Wildman–Crippen LogP) is -0.0237. The van der Waals surface area contributed by atoms with Gasteiger partial charge < -0.3 is 15.4 Å². The Kier molecular flexibility index (Phi) is 3.67. The molecule has 0 spiro atoms. The molecule has 1 atom stereocenters. The summed E-state index contributed by atoms with van der Waals surface area (Å²) in [5, 5.41) is 8.82. The van der Waals surface area contributed by atoms with Gasteiger partial charge in [-0.3, -0.25) is 9.59 Å². The minimum atomic E-state index is -1.28. The molecular weight excluding hydrogens is 224 g/mol. The van der Waals surface area contributed by atoms with E-state index in [1.54, 1.807) is 13.8 Å². The van der Waals surface area contributed by atoms with Crippen LogP contribution < -0.4 is 11.3 Å². The lowest BCUT2D eigenvalue weighted by molar-refractivity contribution is -0.121. The fourth-order valence-corrected chi connectivity index (χ4v) is 1.42. The number of aromatic nitrogens is 1. The number of hydrogen-bond acceptors (Lipinski definition) is 3. The zero-order valence-corrected chi connectivity index (χ0v) is 9.64. The number of aryl methyl sites for hydroxylation is 1. The predicted molar refractivity (Wildman–Crippen MR) is 60.8 cm³/mol. The smallest absolute Gasteiger partial charge is 0.341 e. The maximum Gasteiger partial charge on any atom is 0.341 e. The summed E-state index contributed by atoms with van der Waals surface area (Å²) in [5.41, 5.74) is 4.77. The standard InChI is InChI=1S/C11H14N2O4/c1-6(9(12)14)5-13-7(2)3-4-8(10(13)15)11(16)17/h3-4,6H,5H2,1-2H3,(H2,12,14)(H,16,17). The van der Waals surface area contributed by atoms with E-state index in [1.807, 2.05) is 0 Å². The van der Waals surface area contributed by atoms with Crippen molar-refractivity contribution in [2.45, 2.75) is 20.4 Å². The van der Waals surface area contributed by atoms with E-state index < -0.39 is 23.4 Å². The maximum absolute atomic E-state index is 11.8. The molecule has 1 aromatic rings. The first-order valence-electron chi connectivity index (χ1n) is 5.07. The monoisotopic (exact) mass is 238 g/mol. The molecule has 0 aliphatic heterocycles. The zero-order valence-electron chi connectivity index (χ0n) is 9.64. The number of carbonyl (C=O) groups is 2. The molecule has 0 aliphatic rings. The zero-order chi connectivity index (χ0) is 13.2. The summed E-state index contributed by atoms with van der Waals surface area (Å²) in [7, 11) is 0. The van der Waals surface area contributed by atoms with Gasteiger partial charge >= 0.3 is 5.97 Å². The molecule has 1 amide bonds. The average molecular weight is 238 g/mol. The Morgan fingerprint density at radius 3 is 2.53 bits per heavy atom. The van der Waals surface area contributed by atoms with Crippen LogP contribution in [0.1, 0.15) is 23.0 Å². The molecule has 0 saturated carbocycles. The third-order valence-electron chi connectivity index (χ3n) is 2.57. The van der Waals surface area contributed by atoms with Crippen molar-refractivity contribution in [2.75, 3.05) is 0 Å². The van der Waals surface area contributed by atoms with Crippen molar-refractivity contribution in [1.82, 2.24) is 4.57 Å². The number of aromatic carboxylic acids is 1. The fraction of sp³-hybridized carbons (Fsp3) is 0.364. The van der Waals surface area contributed by atoms with Crippen LogP contribution in [0.2, 0.25) is 0 Å². The average Bonchev–Trinajstić information content (AvgIpc) is 2.22. The highest BCUT2D eigenvalue weighted by Crippen LogP contribution is 2.03. The highest BCUT2D eigenvalue weighted by molar-refractivity contribution is 5.87. The Hall–Kier alpha value is -2.11. The topological polar surface area (TPSA) is 102 Å². The Morgan fingerprint density at radius 2 is 2.06 bits per heavy atom. The fourth-order valence-electron chi connectivity index (χ4n) is 1.42. The van der Waals surface area contributed by atoms with E-state index in [9.17, 15) is 14.4 Å². The summed E-state index contributed by atoms with van der Waals surface area (Å²) in [4.78, 5) is 33.6. The van der Waals surface area contributed by atoms with Gasteiger partial charge in [-0.1, -0.05) is 6.92 Å². The van der Waals surface area contributed by atoms with E-state index >= 15 is 0 Å². The Bertz CT molecular complexity index is 519. The number of nitrogens with zero attached hydrogens (tertiary/aromatic N) is 1. The summed E-state index contributed by atoms with van der Waals surface area (Å²) < 4.78 is 1.25. The van der Waals surface area contributed by atoms with Crippen molar-refractivity contribution < 1.29 is 14.7 Å². The SMILES string of the molecule is Cc1ccc(C(=O)O)c(=O)n1CC(C)C(N)=O. The first kappa shape index (κ1) is 13.0. The Balaban J connectivity index is 3.24. The molecule has 6 nitrogen and oxygen atoms in total. The van der Waals surface area contributed by atoms with Crippen LogP contribution in [0.5, 0.6) is 0 Å². The van der Waals surface area contributed by atoms with Crippen LogP contribution in [0, 0.1) is 12.8 Å². The van der Waals surface area contributed by atoms with Gasteiger partial charge in [-0.25, -0.2) is 4.79 Å². The Morgan fingerprint density at radius 1 is 1.47 bits per heavy atom. The van der Waals surface area contributed by atoms with Gasteiger partial charge in [0.05, 0.1) is 5.92 Å². The lowest BCUT2D eigenvalue weighted by atomic mass is 10.1. The van der Waals surface area contributed by atoms with Crippen molar-refractivity contribution in [3.8, 4) is 0 Å². The molecule has 0 radical (unpaired) electrons. The van der Waals surface area contributed by atoms with Crippen molar-refractivity contribution in [3.63, 3.8) is 0 Å². The van der Waals surface area contributed by atoms with Gasteiger partial charge in [-0.2, -0.15) is 0 Å². The number of carboxylic acid groups (broad SMARTS) is 1. The minimum absolute atomic E-state index is 0.0844. The minimum Gasteiger partial charge on any atom is -0.477 e. The normalized spacial score (nSPS) is 12.1. The third kappa shape index (κ3) is 2.72. The number of hydrogen-bond donors (Lipinski definition) is 2. The quantitative estimate of drug-likeness (QED) is 0.769. The largest absolute Gasteiger partial charge is 0.477 e. The number of amides is 1. The van der Waals surface area contributed by atoms with Crippen molar-refractivity contribution in [1.29, 1.82) is 0 Å². The molecule has 17 heavy (non-hydrogen) atoms. The molecule has 6 heteroatoms. The second-order valence-electron chi connectivity index (χ2n) is 3.91. The molecule has 1 aromatic heterocycles. The van der Waals surface area contributed by atoms with Crippen LogP contribution >= 0.6 is 0 Å². The van der Waals surface area contributed by atoms with Crippen LogP contribution in [0.25, 0.3) is 0 Å². The van der Waals surface area contributed by atoms with Gasteiger partial charge in [0.15, 0.2) is 0 Å². The number of nitrogens with two attached hydrogens (primary N) is 1. The second-order valence-corrected chi connectivity index (χ2v) is 3.91. The van der Waals surface area contributed by atoms with Crippen LogP contribution in [-0.4, -0.2) is 21.6 Å². The van der Waals surface area contributed by atoms with Crippen molar-refractivity contribution >= 4 is 11.9 Å². The van der Waals surface area contributed by atoms with Crippen molar-refractivity contribution in [2.24, 2.45) is 11.7 Å². The molecule has 92 valence electrons. The summed E-state index contributed by atoms with van der Waals surface area (Å²) >= 11 is 0. The van der Waals surface area contributed by atoms with Gasteiger partial charge in [0, 0.05) is 12.2 Å². The number of pyridine rings is 1. The van der Waals surface area contributed by atoms with E-state index in [-0.39, 0.29) is 12.1 Å². The molecule has 0 aromatic carbocycles. The van der Waals surface area contributed by atoms with Gasteiger partial charge in [-0.05, 0) is 19.1 Å². The molecule has 1 heterocycles. The number of primary amides is 1. The van der Waals surface area contributed by atoms with Crippen molar-refractivity contribution in [3.05, 3.63) is 33.7 Å². The number of carboxylic acids is 1. The maximum atomic E-state index is 11.8. The lowest BCUT2D eigenvalue weighted by Gasteiger charge is -2.13. The lowest BCUT2D eigenvalue weighted by Crippen LogP contribution is -2.33. The first-order chi connectivity index (χ1) is 7.84. The van der Waals surface area contributed by atoms with E-state index in [1.165, 1.54) is 16.7 Å². The summed E-state index contributed by atoms with van der Waals surface area (Å²) in [6.45, 7) is 3.34. The van der Waals surface area contributed by atoms with Crippen LogP contribution in [0.3, 0.4) is 0 Å². The molecule has 0 saturated heterocycles. The highest BCUT2D eigenvalue weighted by atomic mass is 16.4. The molecule has 1 rings (SSSR count). The summed E-state index contributed by atoms with van der Waals surface area (Å²) in [6.07, 6.45) is 0. The van der Waals surface area contributed by atoms with E-state index in [2.05, 4.69) is 0 Å². The number of rotatable bonds is 4. The third-order valence-corrected chi connectivity index (χ3v) is 2.57. The van der Waals surface area contributed by atoms with E-state index in [0.29, 0.717) is 5.69 Å². The number of carbonyl (C=O) groups excluding carboxylic acids is 1. The Labute approximate surface area is 97.7 Å². The molecule has 1 unspecified atom stereocenters. The second kappa shape index (κ2) is 4.82. The van der Waals surface area contributed by atoms with E-state index in [4.69, 9.17) is 10.8 Å². The van der Waals surface area contributed by atoms with Gasteiger partial charge in [0.2, 0.25) is 5.91 Å². The van der Waals surface area contributed by atoms with E-state index in [0.717, 1.165) is 0 Å².